The number of hydrogen-bond acceptors (Lipinski definition) is 4. The molecule has 1 rings (SSSR count). The molecule has 0 spiro atoms. The molecule has 1 saturated carbocycles. The molecule has 5 heteroatoms. The summed E-state index contributed by atoms with van der Waals surface area (Å²) in [7, 11) is -1.86. The van der Waals surface area contributed by atoms with Crippen LogP contribution in [0.3, 0.4) is 0 Å². The van der Waals surface area contributed by atoms with Crippen molar-refractivity contribution in [2.24, 2.45) is 5.92 Å². The lowest BCUT2D eigenvalue weighted by molar-refractivity contribution is -0.146. The molecule has 20 heavy (non-hydrogen) atoms. The number of rotatable bonds is 4. The van der Waals surface area contributed by atoms with Gasteiger partial charge in [-0.3, -0.25) is 4.79 Å². The second kappa shape index (κ2) is 6.31. The Balaban J connectivity index is 2.76. The summed E-state index contributed by atoms with van der Waals surface area (Å²) >= 11 is 0. The van der Waals surface area contributed by atoms with Crippen LogP contribution in [-0.4, -0.2) is 32.1 Å². The third-order valence-electron chi connectivity index (χ3n) is 4.41. The van der Waals surface area contributed by atoms with E-state index in [4.69, 9.17) is 9.16 Å². The highest BCUT2D eigenvalue weighted by atomic mass is 28.4. The third kappa shape index (κ3) is 3.85. The highest BCUT2D eigenvalue weighted by Crippen LogP contribution is 2.42. The fourth-order valence-electron chi connectivity index (χ4n) is 2.22. The predicted molar refractivity (Wildman–Crippen MR) is 82.1 cm³/mol. The number of hydrogen-bond donors (Lipinski definition) is 1. The van der Waals surface area contributed by atoms with Crippen molar-refractivity contribution < 1.29 is 19.1 Å². The molecule has 0 amide bonds. The average Bonchev–Trinajstić information content (AvgIpc) is 2.70. The van der Waals surface area contributed by atoms with Gasteiger partial charge in [0.25, 0.3) is 0 Å². The highest BCUT2D eigenvalue weighted by molar-refractivity contribution is 6.74. The van der Waals surface area contributed by atoms with Gasteiger partial charge in [0.1, 0.15) is 0 Å². The standard InChI is InChI=1S/C15H28O4Si/c1-7-18-14(17)13-9-12(8-11(13)10-16)19-20(5,6)15(2,3)4/h10,12-13,16H,7-9H2,1-6H3/b11-10-/t12?,13-/m1/s1. The molecule has 0 aliphatic heterocycles. The molecule has 0 saturated heterocycles. The average molecular weight is 300 g/mol. The number of esters is 1. The quantitative estimate of drug-likeness (QED) is 0.487. The van der Waals surface area contributed by atoms with Gasteiger partial charge in [-0.2, -0.15) is 0 Å². The van der Waals surface area contributed by atoms with Gasteiger partial charge in [0.05, 0.1) is 24.9 Å². The molecule has 4 nitrogen and oxygen atoms in total. The van der Waals surface area contributed by atoms with E-state index >= 15 is 0 Å². The van der Waals surface area contributed by atoms with E-state index in [1.54, 1.807) is 6.92 Å². The van der Waals surface area contributed by atoms with Crippen LogP contribution in [0.4, 0.5) is 0 Å². The first-order chi connectivity index (χ1) is 9.12. The summed E-state index contributed by atoms with van der Waals surface area (Å²) < 4.78 is 11.4. The zero-order valence-electron chi connectivity index (χ0n) is 13.5. The molecule has 2 atom stereocenters. The number of aliphatic hydroxyl groups excluding tert-OH is 1. The summed E-state index contributed by atoms with van der Waals surface area (Å²) in [6.45, 7) is 13.1. The molecule has 0 aromatic rings. The van der Waals surface area contributed by atoms with Crippen LogP contribution in [0.1, 0.15) is 40.5 Å². The van der Waals surface area contributed by atoms with E-state index in [1.165, 1.54) is 0 Å². The second-order valence-corrected chi connectivity index (χ2v) is 11.7. The Morgan fingerprint density at radius 2 is 2.05 bits per heavy atom. The lowest BCUT2D eigenvalue weighted by atomic mass is 10.0. The molecule has 1 aliphatic carbocycles. The van der Waals surface area contributed by atoms with Crippen LogP contribution in [0.2, 0.25) is 18.1 Å². The summed E-state index contributed by atoms with van der Waals surface area (Å²) in [6, 6.07) is 0. The summed E-state index contributed by atoms with van der Waals surface area (Å²) in [6.07, 6.45) is 2.28. The van der Waals surface area contributed by atoms with Crippen molar-refractivity contribution in [3.05, 3.63) is 11.8 Å². The molecule has 0 radical (unpaired) electrons. The van der Waals surface area contributed by atoms with Crippen LogP contribution in [0.25, 0.3) is 0 Å². The summed E-state index contributed by atoms with van der Waals surface area (Å²) in [4.78, 5) is 11.9. The molecule has 1 fully saturated rings. The fourth-order valence-corrected chi connectivity index (χ4v) is 3.59. The van der Waals surface area contributed by atoms with Gasteiger partial charge in [0.2, 0.25) is 0 Å². The monoisotopic (exact) mass is 300 g/mol. The van der Waals surface area contributed by atoms with Crippen LogP contribution in [-0.2, 0) is 14.0 Å². The first kappa shape index (κ1) is 17.2. The van der Waals surface area contributed by atoms with E-state index in [1.807, 2.05) is 0 Å². The summed E-state index contributed by atoms with van der Waals surface area (Å²) in [5.41, 5.74) is 0.729. The van der Waals surface area contributed by atoms with Gasteiger partial charge in [0.15, 0.2) is 8.32 Å². The highest BCUT2D eigenvalue weighted by Gasteiger charge is 2.43. The lowest BCUT2D eigenvalue weighted by Gasteiger charge is -2.38. The number of carbonyl (C=O) groups is 1. The fraction of sp³-hybridized carbons (Fsp3) is 0.800. The van der Waals surface area contributed by atoms with Gasteiger partial charge in [0, 0.05) is 0 Å². The molecular weight excluding hydrogens is 272 g/mol. The normalized spacial score (nSPS) is 26.0. The van der Waals surface area contributed by atoms with Crippen LogP contribution < -0.4 is 0 Å². The summed E-state index contributed by atoms with van der Waals surface area (Å²) in [5.74, 6) is -0.608. The van der Waals surface area contributed by atoms with Crippen LogP contribution >= 0.6 is 0 Å². The van der Waals surface area contributed by atoms with Crippen LogP contribution in [0, 0.1) is 5.92 Å². The molecule has 116 valence electrons. The SMILES string of the molecule is CCOC(=O)[C@@H]1CC(O[Si](C)(C)C(C)(C)C)C/C1=C/O. The predicted octanol–water partition coefficient (Wildman–Crippen LogP) is 3.79. The maximum absolute atomic E-state index is 11.9. The molecule has 0 aromatic carbocycles. The van der Waals surface area contributed by atoms with Crippen molar-refractivity contribution in [2.45, 2.75) is 64.8 Å². The Kier molecular flexibility index (Phi) is 5.44. The molecular formula is C15H28O4Si. The molecule has 1 unspecified atom stereocenters. The van der Waals surface area contributed by atoms with Gasteiger partial charge < -0.3 is 14.3 Å². The van der Waals surface area contributed by atoms with Gasteiger partial charge in [-0.15, -0.1) is 0 Å². The Morgan fingerprint density at radius 1 is 1.45 bits per heavy atom. The Labute approximate surface area is 123 Å². The topological polar surface area (TPSA) is 55.8 Å². The van der Waals surface area contributed by atoms with Crippen molar-refractivity contribution in [3.63, 3.8) is 0 Å². The molecule has 0 bridgehead atoms. The van der Waals surface area contributed by atoms with Crippen LogP contribution in [0.15, 0.2) is 11.8 Å². The molecule has 0 heterocycles. The van der Waals surface area contributed by atoms with Crippen molar-refractivity contribution in [2.75, 3.05) is 6.61 Å². The minimum absolute atomic E-state index is 0.00342. The van der Waals surface area contributed by atoms with Crippen molar-refractivity contribution in [1.29, 1.82) is 0 Å². The van der Waals surface area contributed by atoms with Crippen molar-refractivity contribution >= 4 is 14.3 Å². The van der Waals surface area contributed by atoms with Crippen molar-refractivity contribution in [3.8, 4) is 0 Å². The van der Waals surface area contributed by atoms with E-state index < -0.39 is 8.32 Å². The Morgan fingerprint density at radius 3 is 2.50 bits per heavy atom. The van der Waals surface area contributed by atoms with E-state index in [-0.39, 0.29) is 23.0 Å². The smallest absolute Gasteiger partial charge is 0.313 e. The number of carbonyl (C=O) groups excluding carboxylic acids is 1. The Hall–Kier alpha value is -0.813. The van der Waals surface area contributed by atoms with Gasteiger partial charge in [-0.25, -0.2) is 0 Å². The van der Waals surface area contributed by atoms with Gasteiger partial charge in [-0.05, 0) is 43.5 Å². The minimum Gasteiger partial charge on any atom is -0.516 e. The largest absolute Gasteiger partial charge is 0.516 e. The maximum Gasteiger partial charge on any atom is 0.313 e. The van der Waals surface area contributed by atoms with E-state index in [0.717, 1.165) is 11.8 Å². The second-order valence-electron chi connectivity index (χ2n) is 6.95. The molecule has 0 aromatic heterocycles. The number of aliphatic hydroxyl groups is 1. The summed E-state index contributed by atoms with van der Waals surface area (Å²) in [5, 5.41) is 9.45. The molecule has 1 N–H and O–H groups in total. The van der Waals surface area contributed by atoms with Gasteiger partial charge in [-0.1, -0.05) is 20.8 Å². The van der Waals surface area contributed by atoms with Gasteiger partial charge >= 0.3 is 5.97 Å². The zero-order chi connectivity index (χ0) is 15.6. The first-order valence-electron chi connectivity index (χ1n) is 7.30. The zero-order valence-corrected chi connectivity index (χ0v) is 14.5. The first-order valence-corrected chi connectivity index (χ1v) is 10.2. The van der Waals surface area contributed by atoms with E-state index in [9.17, 15) is 9.90 Å². The Bertz CT molecular complexity index is 382. The van der Waals surface area contributed by atoms with E-state index in [0.29, 0.717) is 19.4 Å². The maximum atomic E-state index is 11.9. The molecule has 1 aliphatic rings. The number of ether oxygens (including phenoxy) is 1. The third-order valence-corrected chi connectivity index (χ3v) is 8.95. The minimum atomic E-state index is -1.86. The lowest BCUT2D eigenvalue weighted by Crippen LogP contribution is -2.43. The van der Waals surface area contributed by atoms with E-state index in [2.05, 4.69) is 33.9 Å². The van der Waals surface area contributed by atoms with Crippen LogP contribution in [0.5, 0.6) is 0 Å². The van der Waals surface area contributed by atoms with Crippen molar-refractivity contribution in [1.82, 2.24) is 0 Å².